The van der Waals surface area contributed by atoms with Gasteiger partial charge in [-0.2, -0.15) is 0 Å². The maximum absolute atomic E-state index is 12.2. The molecule has 1 unspecified atom stereocenters. The molecular weight excluding hydrogens is 330 g/mol. The molecule has 6 heteroatoms. The average Bonchev–Trinajstić information content (AvgIpc) is 2.96. The molecule has 26 heavy (non-hydrogen) atoms. The highest BCUT2D eigenvalue weighted by Gasteiger charge is 2.30. The summed E-state index contributed by atoms with van der Waals surface area (Å²) in [7, 11) is 0. The van der Waals surface area contributed by atoms with Crippen LogP contribution in [0.3, 0.4) is 0 Å². The third-order valence-electron chi connectivity index (χ3n) is 4.19. The van der Waals surface area contributed by atoms with Gasteiger partial charge in [-0.25, -0.2) is 4.79 Å². The minimum atomic E-state index is -0.312. The first-order valence-corrected chi connectivity index (χ1v) is 8.76. The van der Waals surface area contributed by atoms with E-state index in [1.165, 1.54) is 0 Å². The fourth-order valence-electron chi connectivity index (χ4n) is 2.98. The number of nitrogens with zero attached hydrogens (tertiary/aromatic N) is 1. The molecule has 0 saturated carbocycles. The molecule has 3 amide bonds. The summed E-state index contributed by atoms with van der Waals surface area (Å²) in [5.41, 5.74) is 1.76. The summed E-state index contributed by atoms with van der Waals surface area (Å²) in [6.45, 7) is 3.61. The van der Waals surface area contributed by atoms with Crippen molar-refractivity contribution in [3.8, 4) is 5.75 Å². The minimum absolute atomic E-state index is 0.0558. The molecule has 0 bridgehead atoms. The van der Waals surface area contributed by atoms with Gasteiger partial charge in [0.2, 0.25) is 5.91 Å². The zero-order valence-corrected chi connectivity index (χ0v) is 14.8. The molecular formula is C20H23N3O3. The van der Waals surface area contributed by atoms with Crippen LogP contribution in [-0.2, 0) is 11.3 Å². The van der Waals surface area contributed by atoms with Gasteiger partial charge in [-0.15, -0.1) is 0 Å². The van der Waals surface area contributed by atoms with E-state index in [4.69, 9.17) is 4.74 Å². The van der Waals surface area contributed by atoms with Crippen molar-refractivity contribution >= 4 is 17.6 Å². The summed E-state index contributed by atoms with van der Waals surface area (Å²) in [6.07, 6.45) is 0.323. The first-order valence-electron chi connectivity index (χ1n) is 8.76. The molecule has 1 aliphatic rings. The number of anilines is 1. The standard InChI is InChI=1S/C20H23N3O3/c1-2-26-18-10-8-16(9-11-18)21-20(25)22-17-12-19(24)23(14-17)13-15-6-4-3-5-7-15/h3-11,17H,2,12-14H2,1H3,(H2,21,22,25). The molecule has 136 valence electrons. The number of hydrogen-bond donors (Lipinski definition) is 2. The van der Waals surface area contributed by atoms with Gasteiger partial charge >= 0.3 is 6.03 Å². The molecule has 2 aromatic carbocycles. The molecule has 1 saturated heterocycles. The number of hydrogen-bond acceptors (Lipinski definition) is 3. The average molecular weight is 353 g/mol. The van der Waals surface area contributed by atoms with Crippen LogP contribution in [0.1, 0.15) is 18.9 Å². The molecule has 1 fully saturated rings. The van der Waals surface area contributed by atoms with Crippen LogP contribution in [0.4, 0.5) is 10.5 Å². The van der Waals surface area contributed by atoms with Gasteiger partial charge in [0.05, 0.1) is 12.6 Å². The molecule has 1 atom stereocenters. The lowest BCUT2D eigenvalue weighted by molar-refractivity contribution is -0.128. The van der Waals surface area contributed by atoms with Crippen molar-refractivity contribution < 1.29 is 14.3 Å². The lowest BCUT2D eigenvalue weighted by Gasteiger charge is -2.17. The summed E-state index contributed by atoms with van der Waals surface area (Å²) in [5.74, 6) is 0.816. The van der Waals surface area contributed by atoms with E-state index in [1.54, 1.807) is 29.2 Å². The van der Waals surface area contributed by atoms with E-state index >= 15 is 0 Å². The van der Waals surface area contributed by atoms with E-state index in [9.17, 15) is 9.59 Å². The van der Waals surface area contributed by atoms with Gasteiger partial charge in [0.15, 0.2) is 0 Å². The number of nitrogens with one attached hydrogen (secondary N) is 2. The summed E-state index contributed by atoms with van der Waals surface area (Å²) >= 11 is 0. The molecule has 6 nitrogen and oxygen atoms in total. The summed E-state index contributed by atoms with van der Waals surface area (Å²) in [6, 6.07) is 16.5. The van der Waals surface area contributed by atoms with Crippen LogP contribution in [0.2, 0.25) is 0 Å². The Kier molecular flexibility index (Phi) is 5.73. The monoisotopic (exact) mass is 353 g/mol. The van der Waals surface area contributed by atoms with Gasteiger partial charge in [0, 0.05) is 25.2 Å². The second-order valence-corrected chi connectivity index (χ2v) is 6.22. The van der Waals surface area contributed by atoms with Crippen molar-refractivity contribution in [3.63, 3.8) is 0 Å². The Morgan fingerprint density at radius 1 is 1.15 bits per heavy atom. The highest BCUT2D eigenvalue weighted by molar-refractivity contribution is 5.90. The van der Waals surface area contributed by atoms with Crippen molar-refractivity contribution in [1.82, 2.24) is 10.2 Å². The highest BCUT2D eigenvalue weighted by Crippen LogP contribution is 2.17. The second kappa shape index (κ2) is 8.38. The molecule has 1 heterocycles. The second-order valence-electron chi connectivity index (χ2n) is 6.22. The Morgan fingerprint density at radius 2 is 1.88 bits per heavy atom. The third-order valence-corrected chi connectivity index (χ3v) is 4.19. The van der Waals surface area contributed by atoms with Crippen LogP contribution in [0.25, 0.3) is 0 Å². The zero-order valence-electron chi connectivity index (χ0n) is 14.8. The fourth-order valence-corrected chi connectivity index (χ4v) is 2.98. The predicted octanol–water partition coefficient (Wildman–Crippen LogP) is 3.01. The number of ether oxygens (including phenoxy) is 1. The van der Waals surface area contributed by atoms with Crippen molar-refractivity contribution in [2.75, 3.05) is 18.5 Å². The highest BCUT2D eigenvalue weighted by atomic mass is 16.5. The Labute approximate surface area is 153 Å². The number of likely N-dealkylation sites (tertiary alicyclic amines) is 1. The molecule has 0 aliphatic carbocycles. The van der Waals surface area contributed by atoms with E-state index in [0.717, 1.165) is 11.3 Å². The zero-order chi connectivity index (χ0) is 18.4. The Balaban J connectivity index is 1.49. The Bertz CT molecular complexity index is 747. The van der Waals surface area contributed by atoms with Crippen LogP contribution in [-0.4, -0.2) is 36.0 Å². The minimum Gasteiger partial charge on any atom is -0.494 e. The Morgan fingerprint density at radius 3 is 2.58 bits per heavy atom. The number of carbonyl (C=O) groups excluding carboxylic acids is 2. The molecule has 1 aliphatic heterocycles. The van der Waals surface area contributed by atoms with Crippen LogP contribution < -0.4 is 15.4 Å². The molecule has 2 N–H and O–H groups in total. The van der Waals surface area contributed by atoms with E-state index in [0.29, 0.717) is 31.8 Å². The first-order chi connectivity index (χ1) is 12.6. The van der Waals surface area contributed by atoms with Crippen LogP contribution in [0.5, 0.6) is 5.75 Å². The topological polar surface area (TPSA) is 70.7 Å². The SMILES string of the molecule is CCOc1ccc(NC(=O)NC2CC(=O)N(Cc3ccccc3)C2)cc1. The van der Waals surface area contributed by atoms with Crippen LogP contribution >= 0.6 is 0 Å². The van der Waals surface area contributed by atoms with Crippen LogP contribution in [0.15, 0.2) is 54.6 Å². The number of amides is 3. The number of carbonyl (C=O) groups is 2. The number of rotatable bonds is 6. The maximum atomic E-state index is 12.2. The summed E-state index contributed by atoms with van der Waals surface area (Å²) in [5, 5.41) is 5.65. The molecule has 0 radical (unpaired) electrons. The van der Waals surface area contributed by atoms with Crippen LogP contribution in [0, 0.1) is 0 Å². The van der Waals surface area contributed by atoms with Crippen molar-refractivity contribution in [2.24, 2.45) is 0 Å². The van der Waals surface area contributed by atoms with E-state index < -0.39 is 0 Å². The van der Waals surface area contributed by atoms with Crippen molar-refractivity contribution in [3.05, 3.63) is 60.2 Å². The largest absolute Gasteiger partial charge is 0.494 e. The van der Waals surface area contributed by atoms with Gasteiger partial charge in [0.1, 0.15) is 5.75 Å². The van der Waals surface area contributed by atoms with E-state index in [1.807, 2.05) is 37.3 Å². The van der Waals surface area contributed by atoms with Crippen molar-refractivity contribution in [2.45, 2.75) is 25.9 Å². The maximum Gasteiger partial charge on any atom is 0.319 e. The van der Waals surface area contributed by atoms with Gasteiger partial charge in [-0.1, -0.05) is 30.3 Å². The lowest BCUT2D eigenvalue weighted by atomic mass is 10.2. The first kappa shape index (κ1) is 17.8. The fraction of sp³-hybridized carbons (Fsp3) is 0.300. The quantitative estimate of drug-likeness (QED) is 0.839. The lowest BCUT2D eigenvalue weighted by Crippen LogP contribution is -2.39. The van der Waals surface area contributed by atoms with Gasteiger partial charge in [-0.05, 0) is 36.8 Å². The number of urea groups is 1. The smallest absolute Gasteiger partial charge is 0.319 e. The van der Waals surface area contributed by atoms with Gasteiger partial charge in [-0.3, -0.25) is 4.79 Å². The van der Waals surface area contributed by atoms with Gasteiger partial charge in [0.25, 0.3) is 0 Å². The predicted molar refractivity (Wildman–Crippen MR) is 100 cm³/mol. The molecule has 0 aromatic heterocycles. The number of benzene rings is 2. The Hall–Kier alpha value is -3.02. The van der Waals surface area contributed by atoms with Gasteiger partial charge < -0.3 is 20.3 Å². The molecule has 0 spiro atoms. The molecule has 3 rings (SSSR count). The summed E-state index contributed by atoms with van der Waals surface area (Å²) < 4.78 is 5.37. The van der Waals surface area contributed by atoms with E-state index in [-0.39, 0.29) is 18.0 Å². The van der Waals surface area contributed by atoms with Crippen molar-refractivity contribution in [1.29, 1.82) is 0 Å². The molecule has 2 aromatic rings. The normalized spacial score (nSPS) is 16.4. The van der Waals surface area contributed by atoms with E-state index in [2.05, 4.69) is 10.6 Å². The summed E-state index contributed by atoms with van der Waals surface area (Å²) in [4.78, 5) is 26.1. The third kappa shape index (κ3) is 4.75.